The average Bonchev–Trinajstić information content (AvgIpc) is 3.26. The maximum Gasteiger partial charge on any atom is 0.306 e. The Morgan fingerprint density at radius 3 is 2.61 bits per heavy atom. The van der Waals surface area contributed by atoms with Gasteiger partial charge in [-0.1, -0.05) is 6.07 Å². The van der Waals surface area contributed by atoms with E-state index in [2.05, 4.69) is 20.3 Å². The molecule has 3 aromatic heterocycles. The molecule has 0 unspecified atom stereocenters. The van der Waals surface area contributed by atoms with Crippen molar-refractivity contribution in [3.63, 3.8) is 0 Å². The lowest BCUT2D eigenvalue weighted by atomic mass is 10.1. The zero-order chi connectivity index (χ0) is 19.3. The van der Waals surface area contributed by atoms with Crippen LogP contribution >= 0.6 is 0 Å². The molecule has 1 aromatic carbocycles. The fraction of sp³-hybridized carbons (Fsp3) is 0.0476. The Bertz CT molecular complexity index is 1070. The second-order valence-corrected chi connectivity index (χ2v) is 6.05. The minimum absolute atomic E-state index is 0.207. The highest BCUT2D eigenvalue weighted by atomic mass is 16.4. The first kappa shape index (κ1) is 17.4. The molecule has 0 aliphatic rings. The maximum absolute atomic E-state index is 12.5. The van der Waals surface area contributed by atoms with Crippen molar-refractivity contribution in [1.29, 1.82) is 0 Å². The number of benzene rings is 1. The third kappa shape index (κ3) is 3.59. The van der Waals surface area contributed by atoms with Crippen molar-refractivity contribution in [3.8, 4) is 0 Å². The molecule has 0 saturated carbocycles. The first-order chi connectivity index (χ1) is 13.7. The van der Waals surface area contributed by atoms with Crippen molar-refractivity contribution >= 4 is 29.0 Å². The summed E-state index contributed by atoms with van der Waals surface area (Å²) in [5, 5.41) is 2.92. The van der Waals surface area contributed by atoms with E-state index >= 15 is 0 Å². The molecule has 7 heteroatoms. The van der Waals surface area contributed by atoms with E-state index in [0.29, 0.717) is 17.3 Å². The number of carbonyl (C=O) groups is 1. The number of carbonyl (C=O) groups excluding carboxylic acids is 1. The summed E-state index contributed by atoms with van der Waals surface area (Å²) >= 11 is 0. The normalized spacial score (nSPS) is 10.5. The van der Waals surface area contributed by atoms with Crippen LogP contribution in [0.15, 0.2) is 84.1 Å². The number of hydrogen-bond acceptors (Lipinski definition) is 6. The largest absolute Gasteiger partial charge is 0.432 e. The number of nitrogens with zero attached hydrogens (tertiary/aromatic N) is 4. The Morgan fingerprint density at radius 2 is 1.89 bits per heavy atom. The van der Waals surface area contributed by atoms with Crippen LogP contribution in [0.2, 0.25) is 0 Å². The van der Waals surface area contributed by atoms with Crippen molar-refractivity contribution in [3.05, 3.63) is 90.8 Å². The molecule has 4 aromatic rings. The van der Waals surface area contributed by atoms with Crippen molar-refractivity contribution in [1.82, 2.24) is 15.0 Å². The van der Waals surface area contributed by atoms with Crippen LogP contribution in [0.4, 0.5) is 23.1 Å². The van der Waals surface area contributed by atoms with E-state index in [1.165, 1.54) is 6.26 Å². The SMILES string of the molecule is Cc1ccc(NC(=O)c2ccncc2)cc1N(c1cccnc1)c1ncco1. The first-order valence-electron chi connectivity index (χ1n) is 8.64. The number of rotatable bonds is 5. The number of amides is 1. The molecule has 0 bridgehead atoms. The molecule has 4 rings (SSSR count). The number of aromatic nitrogens is 3. The van der Waals surface area contributed by atoms with Gasteiger partial charge in [0.2, 0.25) is 0 Å². The quantitative estimate of drug-likeness (QED) is 0.556. The summed E-state index contributed by atoms with van der Waals surface area (Å²) in [7, 11) is 0. The van der Waals surface area contributed by atoms with Crippen molar-refractivity contribution in [2.75, 3.05) is 10.2 Å². The Morgan fingerprint density at radius 1 is 1.04 bits per heavy atom. The fourth-order valence-electron chi connectivity index (χ4n) is 2.80. The highest BCUT2D eigenvalue weighted by molar-refractivity contribution is 6.04. The van der Waals surface area contributed by atoms with Crippen LogP contribution in [-0.2, 0) is 0 Å². The van der Waals surface area contributed by atoms with Crippen LogP contribution in [0, 0.1) is 6.92 Å². The Balaban J connectivity index is 1.72. The van der Waals surface area contributed by atoms with Crippen molar-refractivity contribution in [2.24, 2.45) is 0 Å². The molecule has 138 valence electrons. The topological polar surface area (TPSA) is 84.2 Å². The molecular weight excluding hydrogens is 354 g/mol. The molecule has 7 nitrogen and oxygen atoms in total. The van der Waals surface area contributed by atoms with Crippen LogP contribution in [-0.4, -0.2) is 20.9 Å². The molecule has 0 saturated heterocycles. The predicted octanol–water partition coefficient (Wildman–Crippen LogP) is 4.50. The minimum atomic E-state index is -0.207. The number of pyridine rings is 2. The fourth-order valence-corrected chi connectivity index (χ4v) is 2.80. The molecule has 0 atom stereocenters. The van der Waals surface area contributed by atoms with Gasteiger partial charge in [0.25, 0.3) is 5.91 Å². The second-order valence-electron chi connectivity index (χ2n) is 6.05. The number of oxazole rings is 1. The van der Waals surface area contributed by atoms with Crippen LogP contribution in [0.5, 0.6) is 0 Å². The summed E-state index contributed by atoms with van der Waals surface area (Å²) in [5.74, 6) is -0.207. The summed E-state index contributed by atoms with van der Waals surface area (Å²) in [5.41, 5.74) is 3.80. The monoisotopic (exact) mass is 371 g/mol. The van der Waals surface area contributed by atoms with Crippen molar-refractivity contribution < 1.29 is 9.21 Å². The van der Waals surface area contributed by atoms with E-state index in [0.717, 1.165) is 16.9 Å². The molecule has 0 fully saturated rings. The molecular formula is C21H17N5O2. The minimum Gasteiger partial charge on any atom is -0.432 e. The van der Waals surface area contributed by atoms with Gasteiger partial charge in [-0.25, -0.2) is 4.98 Å². The molecule has 1 amide bonds. The molecule has 28 heavy (non-hydrogen) atoms. The van der Waals surface area contributed by atoms with Crippen molar-refractivity contribution in [2.45, 2.75) is 6.92 Å². The van der Waals surface area contributed by atoms with E-state index in [4.69, 9.17) is 4.42 Å². The summed E-state index contributed by atoms with van der Waals surface area (Å²) in [4.78, 5) is 26.8. The number of nitrogens with one attached hydrogen (secondary N) is 1. The van der Waals surface area contributed by atoms with Gasteiger partial charge in [-0.2, -0.15) is 0 Å². The predicted molar refractivity (Wildman–Crippen MR) is 106 cm³/mol. The molecule has 3 heterocycles. The van der Waals surface area contributed by atoms with E-state index in [9.17, 15) is 4.79 Å². The summed E-state index contributed by atoms with van der Waals surface area (Å²) in [6.45, 7) is 1.98. The van der Waals surface area contributed by atoms with Gasteiger partial charge in [-0.15, -0.1) is 0 Å². The van der Waals surface area contributed by atoms with Gasteiger partial charge < -0.3 is 9.73 Å². The van der Waals surface area contributed by atoms with Crippen LogP contribution in [0.3, 0.4) is 0 Å². The average molecular weight is 371 g/mol. The molecule has 0 aliphatic carbocycles. The van der Waals surface area contributed by atoms with E-state index in [1.807, 2.05) is 42.2 Å². The third-order valence-corrected chi connectivity index (χ3v) is 4.17. The van der Waals surface area contributed by atoms with Crippen LogP contribution in [0.1, 0.15) is 15.9 Å². The van der Waals surface area contributed by atoms with Gasteiger partial charge >= 0.3 is 6.01 Å². The Labute approximate surface area is 161 Å². The van der Waals surface area contributed by atoms with Gasteiger partial charge in [0.05, 0.1) is 23.8 Å². The first-order valence-corrected chi connectivity index (χ1v) is 8.64. The Kier molecular flexibility index (Phi) is 4.79. The standard InChI is InChI=1S/C21H17N5O2/c1-15-4-5-17(25-20(27)16-6-9-22-10-7-16)13-19(15)26(21-24-11-12-28-21)18-3-2-8-23-14-18/h2-14H,1H3,(H,25,27). The lowest BCUT2D eigenvalue weighted by molar-refractivity contribution is 0.102. The highest BCUT2D eigenvalue weighted by Gasteiger charge is 2.19. The lowest BCUT2D eigenvalue weighted by Gasteiger charge is -2.23. The maximum atomic E-state index is 12.5. The summed E-state index contributed by atoms with van der Waals surface area (Å²) in [6, 6.07) is 13.2. The van der Waals surface area contributed by atoms with E-state index < -0.39 is 0 Å². The summed E-state index contributed by atoms with van der Waals surface area (Å²) < 4.78 is 5.54. The molecule has 0 spiro atoms. The zero-order valence-electron chi connectivity index (χ0n) is 15.1. The van der Waals surface area contributed by atoms with Gasteiger partial charge in [0.15, 0.2) is 0 Å². The van der Waals surface area contributed by atoms with Crippen LogP contribution in [0.25, 0.3) is 0 Å². The third-order valence-electron chi connectivity index (χ3n) is 4.17. The molecule has 0 aliphatic heterocycles. The molecule has 1 N–H and O–H groups in total. The van der Waals surface area contributed by atoms with E-state index in [-0.39, 0.29) is 5.91 Å². The highest BCUT2D eigenvalue weighted by Crippen LogP contribution is 2.36. The number of aryl methyl sites for hydroxylation is 1. The zero-order valence-corrected chi connectivity index (χ0v) is 15.1. The lowest BCUT2D eigenvalue weighted by Crippen LogP contribution is -2.14. The van der Waals surface area contributed by atoms with E-state index in [1.54, 1.807) is 43.1 Å². The van der Waals surface area contributed by atoms with Gasteiger partial charge in [0.1, 0.15) is 6.26 Å². The summed E-state index contributed by atoms with van der Waals surface area (Å²) in [6.07, 6.45) is 9.71. The second kappa shape index (κ2) is 7.71. The molecule has 0 radical (unpaired) electrons. The Hall–Kier alpha value is -4.00. The number of hydrogen-bond donors (Lipinski definition) is 1. The smallest absolute Gasteiger partial charge is 0.306 e. The van der Waals surface area contributed by atoms with Gasteiger partial charge in [-0.3, -0.25) is 19.7 Å². The van der Waals surface area contributed by atoms with Crippen LogP contribution < -0.4 is 10.2 Å². The number of anilines is 4. The van der Waals surface area contributed by atoms with Gasteiger partial charge in [0, 0.05) is 29.8 Å². The van der Waals surface area contributed by atoms with Gasteiger partial charge in [-0.05, 0) is 48.9 Å².